The molecule has 0 radical (unpaired) electrons. The maximum absolute atomic E-state index is 12.5. The zero-order valence-corrected chi connectivity index (χ0v) is 17.2. The number of hydrogen-bond donors (Lipinski definition) is 1. The van der Waals surface area contributed by atoms with Gasteiger partial charge >= 0.3 is 0 Å². The molecule has 1 saturated heterocycles. The maximum Gasteiger partial charge on any atom is 0.239 e. The van der Waals surface area contributed by atoms with Crippen LogP contribution in [0, 0.1) is 0 Å². The molecular formula is C18H30N4O4S. The number of benzene rings is 1. The number of ether oxygens (including phenoxy) is 1. The van der Waals surface area contributed by atoms with Gasteiger partial charge in [-0.2, -0.15) is 4.31 Å². The summed E-state index contributed by atoms with van der Waals surface area (Å²) in [5.41, 5.74) is 1.61. The van der Waals surface area contributed by atoms with E-state index in [9.17, 15) is 13.2 Å². The van der Waals surface area contributed by atoms with Gasteiger partial charge in [-0.1, -0.05) is 12.1 Å². The Morgan fingerprint density at radius 3 is 2.48 bits per heavy atom. The largest absolute Gasteiger partial charge is 0.378 e. The molecule has 0 unspecified atom stereocenters. The molecular weight excluding hydrogens is 368 g/mol. The van der Waals surface area contributed by atoms with Gasteiger partial charge in [-0.05, 0) is 39.2 Å². The van der Waals surface area contributed by atoms with Crippen LogP contribution in [0.5, 0.6) is 0 Å². The molecule has 0 saturated carbocycles. The van der Waals surface area contributed by atoms with E-state index in [0.29, 0.717) is 31.9 Å². The van der Waals surface area contributed by atoms with Crippen LogP contribution >= 0.6 is 0 Å². The molecule has 0 spiro atoms. The lowest BCUT2D eigenvalue weighted by atomic mass is 10.2. The SMILES string of the molecule is CN(C)CCCN(CC(=O)Nc1ccccc1N1CCOCC1)S(C)(=O)=O. The second-order valence-electron chi connectivity index (χ2n) is 6.92. The first kappa shape index (κ1) is 21.6. The summed E-state index contributed by atoms with van der Waals surface area (Å²) in [6.07, 6.45) is 1.80. The van der Waals surface area contributed by atoms with Gasteiger partial charge in [-0.3, -0.25) is 4.79 Å². The third-order valence-corrected chi connectivity index (χ3v) is 5.58. The van der Waals surface area contributed by atoms with Gasteiger partial charge < -0.3 is 19.9 Å². The fraction of sp³-hybridized carbons (Fsp3) is 0.611. The maximum atomic E-state index is 12.5. The Morgan fingerprint density at radius 1 is 1.19 bits per heavy atom. The predicted molar refractivity (Wildman–Crippen MR) is 108 cm³/mol. The monoisotopic (exact) mass is 398 g/mol. The van der Waals surface area contributed by atoms with Crippen molar-refractivity contribution in [3.8, 4) is 0 Å². The van der Waals surface area contributed by atoms with Gasteiger partial charge in [0.05, 0.1) is 37.4 Å². The van der Waals surface area contributed by atoms with E-state index in [4.69, 9.17) is 4.74 Å². The van der Waals surface area contributed by atoms with Crippen molar-refractivity contribution in [2.24, 2.45) is 0 Å². The lowest BCUT2D eigenvalue weighted by Gasteiger charge is -2.30. The summed E-state index contributed by atoms with van der Waals surface area (Å²) in [5.74, 6) is -0.342. The molecule has 8 nitrogen and oxygen atoms in total. The summed E-state index contributed by atoms with van der Waals surface area (Å²) < 4.78 is 30.6. The first-order valence-corrected chi connectivity index (χ1v) is 10.9. The molecule has 1 aromatic rings. The van der Waals surface area contributed by atoms with Gasteiger partial charge in [-0.25, -0.2) is 8.42 Å². The molecule has 1 aliphatic heterocycles. The Bertz CT molecular complexity index is 718. The lowest BCUT2D eigenvalue weighted by Crippen LogP contribution is -2.39. The molecule has 9 heteroatoms. The molecule has 27 heavy (non-hydrogen) atoms. The van der Waals surface area contributed by atoms with E-state index in [1.807, 2.05) is 43.3 Å². The molecule has 0 atom stereocenters. The minimum absolute atomic E-state index is 0.191. The van der Waals surface area contributed by atoms with E-state index >= 15 is 0 Å². The quantitative estimate of drug-likeness (QED) is 0.659. The highest BCUT2D eigenvalue weighted by molar-refractivity contribution is 7.88. The third-order valence-electron chi connectivity index (χ3n) is 4.33. The van der Waals surface area contributed by atoms with Crippen molar-refractivity contribution in [3.63, 3.8) is 0 Å². The number of carbonyl (C=O) groups excluding carboxylic acids is 1. The Labute approximate surface area is 162 Å². The number of sulfonamides is 1. The molecule has 0 aliphatic carbocycles. The van der Waals surface area contributed by atoms with Crippen molar-refractivity contribution in [1.82, 2.24) is 9.21 Å². The minimum atomic E-state index is -3.45. The second kappa shape index (κ2) is 10.0. The van der Waals surface area contributed by atoms with E-state index in [1.54, 1.807) is 0 Å². The van der Waals surface area contributed by atoms with Crippen LogP contribution in [-0.4, -0.2) is 89.8 Å². The summed E-state index contributed by atoms with van der Waals surface area (Å²) in [6.45, 7) is 3.69. The highest BCUT2D eigenvalue weighted by atomic mass is 32.2. The molecule has 1 N–H and O–H groups in total. The molecule has 0 aromatic heterocycles. The fourth-order valence-corrected chi connectivity index (χ4v) is 3.75. The molecule has 1 fully saturated rings. The number of nitrogens with zero attached hydrogens (tertiary/aromatic N) is 3. The van der Waals surface area contributed by atoms with E-state index in [1.165, 1.54) is 4.31 Å². The smallest absolute Gasteiger partial charge is 0.239 e. The van der Waals surface area contributed by atoms with Gasteiger partial charge in [0.25, 0.3) is 0 Å². The molecule has 1 amide bonds. The average Bonchev–Trinajstić information content (AvgIpc) is 2.61. The summed E-state index contributed by atoms with van der Waals surface area (Å²) in [5, 5.41) is 2.87. The zero-order valence-electron chi connectivity index (χ0n) is 16.3. The number of hydrogen-bond acceptors (Lipinski definition) is 6. The molecule has 1 aliphatic rings. The lowest BCUT2D eigenvalue weighted by molar-refractivity contribution is -0.116. The Kier molecular flexibility index (Phi) is 8.03. The minimum Gasteiger partial charge on any atom is -0.378 e. The van der Waals surface area contributed by atoms with Gasteiger partial charge in [0.2, 0.25) is 15.9 Å². The first-order valence-electron chi connectivity index (χ1n) is 9.09. The third kappa shape index (κ3) is 7.10. The van der Waals surface area contributed by atoms with Crippen LogP contribution in [0.3, 0.4) is 0 Å². The Balaban J connectivity index is 2.02. The Hall–Kier alpha value is -1.68. The fourth-order valence-electron chi connectivity index (χ4n) is 2.93. The van der Waals surface area contributed by atoms with Crippen LogP contribution in [0.2, 0.25) is 0 Å². The van der Waals surface area contributed by atoms with Crippen LogP contribution in [0.1, 0.15) is 6.42 Å². The van der Waals surface area contributed by atoms with E-state index in [2.05, 4.69) is 10.2 Å². The van der Waals surface area contributed by atoms with Crippen molar-refractivity contribution in [2.75, 3.05) is 76.5 Å². The van der Waals surface area contributed by atoms with Crippen molar-refractivity contribution in [2.45, 2.75) is 6.42 Å². The van der Waals surface area contributed by atoms with Crippen LogP contribution in [-0.2, 0) is 19.6 Å². The number of carbonyl (C=O) groups is 1. The number of nitrogens with one attached hydrogen (secondary N) is 1. The molecule has 1 heterocycles. The topological polar surface area (TPSA) is 82.2 Å². The molecule has 152 valence electrons. The van der Waals surface area contributed by atoms with Gasteiger partial charge in [-0.15, -0.1) is 0 Å². The van der Waals surface area contributed by atoms with Crippen LogP contribution in [0.15, 0.2) is 24.3 Å². The number of amides is 1. The normalized spacial score (nSPS) is 15.4. The highest BCUT2D eigenvalue weighted by Gasteiger charge is 2.21. The summed E-state index contributed by atoms with van der Waals surface area (Å²) in [6, 6.07) is 7.56. The Morgan fingerprint density at radius 2 is 1.85 bits per heavy atom. The van der Waals surface area contributed by atoms with Crippen molar-refractivity contribution >= 4 is 27.3 Å². The van der Waals surface area contributed by atoms with Gasteiger partial charge in [0.15, 0.2) is 0 Å². The van der Waals surface area contributed by atoms with Crippen LogP contribution in [0.4, 0.5) is 11.4 Å². The molecule has 2 rings (SSSR count). The number of morpholine rings is 1. The standard InChI is InChI=1S/C18H30N4O4S/c1-20(2)9-6-10-22(27(3,24)25)15-18(23)19-16-7-4-5-8-17(16)21-11-13-26-14-12-21/h4-5,7-8H,6,9-15H2,1-3H3,(H,19,23). The van der Waals surface area contributed by atoms with Crippen molar-refractivity contribution in [3.05, 3.63) is 24.3 Å². The van der Waals surface area contributed by atoms with E-state index < -0.39 is 10.0 Å². The molecule has 1 aromatic carbocycles. The average molecular weight is 399 g/mol. The van der Waals surface area contributed by atoms with Crippen molar-refractivity contribution in [1.29, 1.82) is 0 Å². The van der Waals surface area contributed by atoms with Gasteiger partial charge in [0.1, 0.15) is 0 Å². The second-order valence-corrected chi connectivity index (χ2v) is 8.90. The van der Waals surface area contributed by atoms with Crippen molar-refractivity contribution < 1.29 is 17.9 Å². The predicted octanol–water partition coefficient (Wildman–Crippen LogP) is 0.675. The van der Waals surface area contributed by atoms with Crippen LogP contribution < -0.4 is 10.2 Å². The summed E-state index contributed by atoms with van der Waals surface area (Å²) in [4.78, 5) is 16.7. The number of rotatable bonds is 9. The summed E-state index contributed by atoms with van der Waals surface area (Å²) >= 11 is 0. The summed E-state index contributed by atoms with van der Waals surface area (Å²) in [7, 11) is 0.407. The molecule has 0 bridgehead atoms. The van der Waals surface area contributed by atoms with E-state index in [0.717, 1.165) is 31.6 Å². The number of para-hydroxylation sites is 2. The van der Waals surface area contributed by atoms with E-state index in [-0.39, 0.29) is 12.5 Å². The van der Waals surface area contributed by atoms with Gasteiger partial charge in [0, 0.05) is 19.6 Å². The van der Waals surface area contributed by atoms with Crippen LogP contribution in [0.25, 0.3) is 0 Å². The highest BCUT2D eigenvalue weighted by Crippen LogP contribution is 2.26. The number of anilines is 2. The zero-order chi connectivity index (χ0) is 19.9. The first-order chi connectivity index (χ1) is 12.8.